The number of allylic oxidation sites excluding steroid dienone is 1. The Labute approximate surface area is 215 Å². The zero-order chi connectivity index (χ0) is 24.2. The highest BCUT2D eigenvalue weighted by atomic mass is 35.5. The quantitative estimate of drug-likeness (QED) is 0.190. The molecule has 0 saturated carbocycles. The summed E-state index contributed by atoms with van der Waals surface area (Å²) in [4.78, 5) is 0. The maximum absolute atomic E-state index is 6.64. The minimum absolute atomic E-state index is 0.0410. The molecular weight excluding hydrogens is 456 g/mol. The lowest BCUT2D eigenvalue weighted by molar-refractivity contribution is 0.661. The molecule has 0 atom stereocenters. The summed E-state index contributed by atoms with van der Waals surface area (Å²) in [5.74, 6) is 0. The second-order valence-corrected chi connectivity index (χ2v) is 11.4. The summed E-state index contributed by atoms with van der Waals surface area (Å²) < 4.78 is 0. The third kappa shape index (κ3) is 2.50. The van der Waals surface area contributed by atoms with Gasteiger partial charge in [-0.15, -0.1) is 0 Å². The van der Waals surface area contributed by atoms with E-state index in [9.17, 15) is 0 Å². The van der Waals surface area contributed by atoms with Crippen LogP contribution in [0.2, 0.25) is 5.02 Å². The first-order chi connectivity index (χ1) is 17.5. The number of fused-ring (bicyclic) bond motifs is 14. The van der Waals surface area contributed by atoms with E-state index < -0.39 is 0 Å². The van der Waals surface area contributed by atoms with Crippen molar-refractivity contribution in [2.45, 2.75) is 32.1 Å². The first-order valence-corrected chi connectivity index (χ1v) is 13.2. The van der Waals surface area contributed by atoms with Gasteiger partial charge in [0.1, 0.15) is 0 Å². The molecule has 0 heterocycles. The molecule has 0 fully saturated rings. The van der Waals surface area contributed by atoms with E-state index in [2.05, 4.69) is 105 Å². The van der Waals surface area contributed by atoms with Gasteiger partial charge in [-0.3, -0.25) is 0 Å². The van der Waals surface area contributed by atoms with E-state index in [4.69, 9.17) is 11.6 Å². The molecule has 0 unspecified atom stereocenters. The summed E-state index contributed by atoms with van der Waals surface area (Å²) in [5.41, 5.74) is 8.35. The van der Waals surface area contributed by atoms with Crippen LogP contribution in [0.15, 0.2) is 84.9 Å². The Hall–Kier alpha value is -3.61. The fourth-order valence-corrected chi connectivity index (χ4v) is 7.28. The Morgan fingerprint density at radius 3 is 2.28 bits per heavy atom. The van der Waals surface area contributed by atoms with Crippen molar-refractivity contribution in [2.24, 2.45) is 0 Å². The highest BCUT2D eigenvalue weighted by molar-refractivity contribution is 6.36. The van der Waals surface area contributed by atoms with Crippen molar-refractivity contribution < 1.29 is 0 Å². The third-order valence-electron chi connectivity index (χ3n) is 8.74. The number of benzene rings is 6. The molecule has 8 rings (SSSR count). The van der Waals surface area contributed by atoms with Gasteiger partial charge < -0.3 is 0 Å². The lowest BCUT2D eigenvalue weighted by Gasteiger charge is -2.24. The molecule has 2 aliphatic rings. The Balaban J connectivity index is 1.70. The molecular formula is C35H25Cl. The van der Waals surface area contributed by atoms with E-state index in [1.54, 1.807) is 0 Å². The summed E-state index contributed by atoms with van der Waals surface area (Å²) in [6, 6.07) is 29.4. The fraction of sp³-hybridized carbons (Fsp3) is 0.143. The highest BCUT2D eigenvalue weighted by Gasteiger charge is 2.36. The van der Waals surface area contributed by atoms with Crippen LogP contribution in [0.5, 0.6) is 0 Å². The zero-order valence-electron chi connectivity index (χ0n) is 20.5. The second kappa shape index (κ2) is 6.99. The van der Waals surface area contributed by atoms with Crippen LogP contribution in [-0.4, -0.2) is 0 Å². The molecule has 2 aliphatic carbocycles. The lowest BCUT2D eigenvalue weighted by atomic mass is 9.79. The van der Waals surface area contributed by atoms with Crippen molar-refractivity contribution in [3.05, 3.63) is 112 Å². The van der Waals surface area contributed by atoms with E-state index in [0.717, 1.165) is 17.9 Å². The van der Waals surface area contributed by atoms with Gasteiger partial charge in [-0.05, 0) is 114 Å². The van der Waals surface area contributed by atoms with E-state index in [1.807, 2.05) is 0 Å². The molecule has 6 aromatic carbocycles. The van der Waals surface area contributed by atoms with Crippen molar-refractivity contribution in [3.8, 4) is 11.1 Å². The topological polar surface area (TPSA) is 0 Å². The molecule has 0 nitrogen and oxygen atoms in total. The van der Waals surface area contributed by atoms with Crippen LogP contribution in [-0.2, 0) is 11.8 Å². The number of aryl methyl sites for hydroxylation is 1. The maximum Gasteiger partial charge on any atom is 0.0412 e. The molecule has 0 amide bonds. The Morgan fingerprint density at radius 2 is 1.39 bits per heavy atom. The molecule has 1 heteroatoms. The van der Waals surface area contributed by atoms with Gasteiger partial charge in [-0.25, -0.2) is 0 Å². The fourth-order valence-electron chi connectivity index (χ4n) is 7.11. The lowest BCUT2D eigenvalue weighted by Crippen LogP contribution is -2.14. The Morgan fingerprint density at radius 1 is 0.639 bits per heavy atom. The molecule has 0 N–H and O–H groups in total. The molecule has 172 valence electrons. The average Bonchev–Trinajstić information content (AvgIpc) is 3.13. The minimum Gasteiger partial charge on any atom is -0.0843 e. The Bertz CT molecular complexity index is 1970. The van der Waals surface area contributed by atoms with Crippen molar-refractivity contribution >= 4 is 60.8 Å². The number of rotatable bonds is 0. The van der Waals surface area contributed by atoms with Crippen LogP contribution >= 0.6 is 11.6 Å². The average molecular weight is 481 g/mol. The van der Waals surface area contributed by atoms with Gasteiger partial charge in [-0.1, -0.05) is 92.2 Å². The van der Waals surface area contributed by atoms with Crippen molar-refractivity contribution in [1.29, 1.82) is 0 Å². The molecule has 0 radical (unpaired) electrons. The summed E-state index contributed by atoms with van der Waals surface area (Å²) >= 11 is 6.64. The number of halogens is 1. The van der Waals surface area contributed by atoms with Gasteiger partial charge in [0.25, 0.3) is 0 Å². The first-order valence-electron chi connectivity index (χ1n) is 12.9. The predicted molar refractivity (Wildman–Crippen MR) is 156 cm³/mol. The second-order valence-electron chi connectivity index (χ2n) is 10.9. The van der Waals surface area contributed by atoms with Crippen LogP contribution in [0.1, 0.15) is 42.5 Å². The maximum atomic E-state index is 6.64. The smallest absolute Gasteiger partial charge is 0.0412 e. The van der Waals surface area contributed by atoms with Crippen LogP contribution < -0.4 is 0 Å². The van der Waals surface area contributed by atoms with Gasteiger partial charge in [0.2, 0.25) is 0 Å². The molecule has 0 aromatic heterocycles. The van der Waals surface area contributed by atoms with Crippen molar-refractivity contribution in [3.63, 3.8) is 0 Å². The highest BCUT2D eigenvalue weighted by Crippen LogP contribution is 2.52. The number of hydrogen-bond donors (Lipinski definition) is 0. The standard InChI is InChI=1S/C35H25Cl/c1-35(2)31-14-8-7-11-23(31)29-18-30-28(19-32(29)35)27-17-20(36)15-16-26(27)33-24-12-5-3-9-21(24)22-10-4-6-13-25(22)34(30)33/h4-8,10-19H,3,9H2,1-2H3. The molecule has 0 aliphatic heterocycles. The van der Waals surface area contributed by atoms with Gasteiger partial charge in [0.05, 0.1) is 0 Å². The van der Waals surface area contributed by atoms with Crippen molar-refractivity contribution in [1.82, 2.24) is 0 Å². The van der Waals surface area contributed by atoms with Crippen LogP contribution in [0.3, 0.4) is 0 Å². The van der Waals surface area contributed by atoms with E-state index in [0.29, 0.717) is 0 Å². The summed E-state index contributed by atoms with van der Waals surface area (Å²) in [6.45, 7) is 4.71. The van der Waals surface area contributed by atoms with Crippen LogP contribution in [0.4, 0.5) is 0 Å². The number of hydrogen-bond acceptors (Lipinski definition) is 0. The minimum atomic E-state index is -0.0410. The summed E-state index contributed by atoms with van der Waals surface area (Å²) in [6.07, 6.45) is 6.88. The van der Waals surface area contributed by atoms with Crippen LogP contribution in [0, 0.1) is 0 Å². The molecule has 0 saturated heterocycles. The van der Waals surface area contributed by atoms with Crippen molar-refractivity contribution in [2.75, 3.05) is 0 Å². The molecule has 0 spiro atoms. The first kappa shape index (κ1) is 20.6. The monoisotopic (exact) mass is 480 g/mol. The normalized spacial score (nSPS) is 15.5. The largest absolute Gasteiger partial charge is 0.0843 e. The summed E-state index contributed by atoms with van der Waals surface area (Å²) in [7, 11) is 0. The van der Waals surface area contributed by atoms with E-state index >= 15 is 0 Å². The predicted octanol–water partition coefficient (Wildman–Crippen LogP) is 10.2. The Kier molecular flexibility index (Phi) is 4.00. The van der Waals surface area contributed by atoms with Gasteiger partial charge >= 0.3 is 0 Å². The van der Waals surface area contributed by atoms with E-state index in [-0.39, 0.29) is 5.41 Å². The van der Waals surface area contributed by atoms with Gasteiger partial charge in [0.15, 0.2) is 0 Å². The van der Waals surface area contributed by atoms with E-state index in [1.165, 1.54) is 76.5 Å². The van der Waals surface area contributed by atoms with Gasteiger partial charge in [0, 0.05) is 10.4 Å². The molecule has 36 heavy (non-hydrogen) atoms. The third-order valence-corrected chi connectivity index (χ3v) is 8.98. The summed E-state index contributed by atoms with van der Waals surface area (Å²) in [5, 5.41) is 11.4. The zero-order valence-corrected chi connectivity index (χ0v) is 21.2. The SMILES string of the molecule is CC1(C)c2ccccc2-c2cc3c(cc21)c1cc(Cl)ccc1c1c2c(c4ccccc4c31)CCC=C2. The van der Waals surface area contributed by atoms with Gasteiger partial charge in [-0.2, -0.15) is 0 Å². The molecule has 0 bridgehead atoms. The van der Waals surface area contributed by atoms with Crippen LogP contribution in [0.25, 0.3) is 60.3 Å². The molecule has 6 aromatic rings.